The Morgan fingerprint density at radius 3 is 2.81 bits per heavy atom. The van der Waals surface area contributed by atoms with E-state index in [0.29, 0.717) is 12.3 Å². The lowest BCUT2D eigenvalue weighted by Crippen LogP contribution is -2.25. The molecule has 0 aliphatic heterocycles. The van der Waals surface area contributed by atoms with Crippen molar-refractivity contribution in [2.45, 2.75) is 0 Å². The first-order valence-corrected chi connectivity index (χ1v) is 5.96. The Labute approximate surface area is 101 Å². The lowest BCUT2D eigenvalue weighted by Gasteiger charge is -2.01. The van der Waals surface area contributed by atoms with Gasteiger partial charge in [-0.15, -0.1) is 11.8 Å². The maximum Gasteiger partial charge on any atom is 0.313 e. The molecule has 0 aliphatic rings. The van der Waals surface area contributed by atoms with Crippen molar-refractivity contribution >= 4 is 35.2 Å². The average molecular weight is 264 g/mol. The summed E-state index contributed by atoms with van der Waals surface area (Å²) in [6.07, 6.45) is 0. The molecule has 0 radical (unpaired) electrons. The number of rotatable bonds is 6. The first kappa shape index (κ1) is 12.9. The van der Waals surface area contributed by atoms with Gasteiger partial charge in [0.1, 0.15) is 0 Å². The van der Waals surface area contributed by atoms with Gasteiger partial charge in [0.2, 0.25) is 0 Å². The molecule has 0 aromatic carbocycles. The van der Waals surface area contributed by atoms with Gasteiger partial charge < -0.3 is 14.8 Å². The van der Waals surface area contributed by atoms with Crippen LogP contribution in [0.2, 0.25) is 5.22 Å². The summed E-state index contributed by atoms with van der Waals surface area (Å²) in [6.45, 7) is 0.384. The smallest absolute Gasteiger partial charge is 0.313 e. The first-order valence-electron chi connectivity index (χ1n) is 4.42. The molecule has 7 heteroatoms. The van der Waals surface area contributed by atoms with Crippen LogP contribution in [0.1, 0.15) is 10.6 Å². The Kier molecular flexibility index (Phi) is 5.21. The highest BCUT2D eigenvalue weighted by Crippen LogP contribution is 2.12. The fraction of sp³-hybridized carbons (Fsp3) is 0.333. The molecule has 88 valence electrons. The molecule has 1 aromatic rings. The van der Waals surface area contributed by atoms with E-state index in [0.717, 1.165) is 0 Å². The van der Waals surface area contributed by atoms with Crippen LogP contribution in [0.5, 0.6) is 0 Å². The van der Waals surface area contributed by atoms with Gasteiger partial charge in [-0.25, -0.2) is 0 Å². The Balaban J connectivity index is 2.18. The Morgan fingerprint density at radius 2 is 2.25 bits per heavy atom. The zero-order valence-corrected chi connectivity index (χ0v) is 9.81. The lowest BCUT2D eigenvalue weighted by atomic mass is 10.4. The summed E-state index contributed by atoms with van der Waals surface area (Å²) >= 11 is 6.74. The van der Waals surface area contributed by atoms with Crippen LogP contribution in [-0.2, 0) is 4.79 Å². The summed E-state index contributed by atoms with van der Waals surface area (Å²) < 4.78 is 4.89. The molecular weight excluding hydrogens is 254 g/mol. The number of carbonyl (C=O) groups excluding carboxylic acids is 1. The highest BCUT2D eigenvalue weighted by Gasteiger charge is 2.09. The van der Waals surface area contributed by atoms with E-state index in [9.17, 15) is 9.59 Å². The van der Waals surface area contributed by atoms with E-state index in [1.807, 2.05) is 0 Å². The predicted molar refractivity (Wildman–Crippen MR) is 61.0 cm³/mol. The van der Waals surface area contributed by atoms with E-state index in [-0.39, 0.29) is 22.6 Å². The van der Waals surface area contributed by atoms with Crippen LogP contribution in [0.25, 0.3) is 0 Å². The summed E-state index contributed by atoms with van der Waals surface area (Å²) in [5.74, 6) is -0.514. The molecule has 2 N–H and O–H groups in total. The topological polar surface area (TPSA) is 79.5 Å². The van der Waals surface area contributed by atoms with Crippen LogP contribution in [0.4, 0.5) is 0 Å². The molecule has 1 aromatic heterocycles. The van der Waals surface area contributed by atoms with Crippen molar-refractivity contribution in [1.29, 1.82) is 0 Å². The largest absolute Gasteiger partial charge is 0.481 e. The van der Waals surface area contributed by atoms with Crippen LogP contribution < -0.4 is 5.32 Å². The quantitative estimate of drug-likeness (QED) is 0.760. The van der Waals surface area contributed by atoms with Gasteiger partial charge in [0.25, 0.3) is 5.91 Å². The minimum Gasteiger partial charge on any atom is -0.481 e. The number of furan rings is 1. The van der Waals surface area contributed by atoms with E-state index in [2.05, 4.69) is 5.32 Å². The lowest BCUT2D eigenvalue weighted by molar-refractivity contribution is -0.133. The van der Waals surface area contributed by atoms with Gasteiger partial charge in [-0.1, -0.05) is 0 Å². The number of hydrogen-bond acceptors (Lipinski definition) is 4. The summed E-state index contributed by atoms with van der Waals surface area (Å²) in [7, 11) is 0. The molecule has 16 heavy (non-hydrogen) atoms. The van der Waals surface area contributed by atoms with Gasteiger partial charge in [0.05, 0.1) is 5.75 Å². The number of aliphatic carboxylic acids is 1. The number of thioether (sulfide) groups is 1. The van der Waals surface area contributed by atoms with Gasteiger partial charge >= 0.3 is 5.97 Å². The minimum absolute atomic E-state index is 0.0302. The van der Waals surface area contributed by atoms with E-state index >= 15 is 0 Å². The van der Waals surface area contributed by atoms with E-state index in [1.165, 1.54) is 23.9 Å². The summed E-state index contributed by atoms with van der Waals surface area (Å²) in [6, 6.07) is 2.96. The maximum atomic E-state index is 11.4. The maximum absolute atomic E-state index is 11.4. The number of hydrogen-bond donors (Lipinski definition) is 2. The number of nitrogens with one attached hydrogen (secondary N) is 1. The highest BCUT2D eigenvalue weighted by molar-refractivity contribution is 7.99. The number of carboxylic acid groups (broad SMARTS) is 1. The van der Waals surface area contributed by atoms with Gasteiger partial charge in [-0.2, -0.15) is 0 Å². The van der Waals surface area contributed by atoms with Gasteiger partial charge in [-0.3, -0.25) is 9.59 Å². The van der Waals surface area contributed by atoms with Crippen molar-refractivity contribution in [2.75, 3.05) is 18.1 Å². The fourth-order valence-electron chi connectivity index (χ4n) is 0.920. The molecule has 0 saturated heterocycles. The Morgan fingerprint density at radius 1 is 1.50 bits per heavy atom. The number of carboxylic acids is 1. The molecule has 0 aliphatic carbocycles. The molecule has 0 atom stereocenters. The monoisotopic (exact) mass is 263 g/mol. The van der Waals surface area contributed by atoms with Crippen LogP contribution >= 0.6 is 23.4 Å². The SMILES string of the molecule is O=C(O)CSCCNC(=O)c1ccc(Cl)o1. The third-order valence-electron chi connectivity index (χ3n) is 1.55. The second-order valence-electron chi connectivity index (χ2n) is 2.81. The zero-order valence-electron chi connectivity index (χ0n) is 8.23. The molecule has 1 heterocycles. The van der Waals surface area contributed by atoms with Crippen molar-refractivity contribution in [3.8, 4) is 0 Å². The molecule has 0 saturated carbocycles. The first-order chi connectivity index (χ1) is 7.59. The normalized spacial score (nSPS) is 10.1. The minimum atomic E-state index is -0.867. The van der Waals surface area contributed by atoms with Crippen LogP contribution in [0.15, 0.2) is 16.5 Å². The van der Waals surface area contributed by atoms with E-state index < -0.39 is 5.97 Å². The highest BCUT2D eigenvalue weighted by atomic mass is 35.5. The van der Waals surface area contributed by atoms with Crippen molar-refractivity contribution in [1.82, 2.24) is 5.32 Å². The Hall–Kier alpha value is -1.14. The van der Waals surface area contributed by atoms with E-state index in [4.69, 9.17) is 21.1 Å². The second kappa shape index (κ2) is 6.44. The summed E-state index contributed by atoms with van der Waals surface area (Å²) in [5, 5.41) is 11.1. The van der Waals surface area contributed by atoms with Crippen molar-refractivity contribution in [3.05, 3.63) is 23.1 Å². The molecule has 1 amide bonds. The van der Waals surface area contributed by atoms with Crippen molar-refractivity contribution < 1.29 is 19.1 Å². The molecule has 0 fully saturated rings. The third kappa shape index (κ3) is 4.59. The van der Waals surface area contributed by atoms with Crippen molar-refractivity contribution in [2.24, 2.45) is 0 Å². The molecular formula is C9H10ClNO4S. The predicted octanol–water partition coefficient (Wildman–Crippen LogP) is 1.48. The van der Waals surface area contributed by atoms with Crippen molar-refractivity contribution in [3.63, 3.8) is 0 Å². The molecule has 0 spiro atoms. The zero-order chi connectivity index (χ0) is 12.0. The standard InChI is InChI=1S/C9H10ClNO4S/c10-7-2-1-6(15-7)9(14)11-3-4-16-5-8(12)13/h1-2H,3-5H2,(H,11,14)(H,12,13). The average Bonchev–Trinajstić information content (AvgIpc) is 2.63. The van der Waals surface area contributed by atoms with Gasteiger partial charge in [0, 0.05) is 12.3 Å². The second-order valence-corrected chi connectivity index (χ2v) is 4.28. The summed E-state index contributed by atoms with van der Waals surface area (Å²) in [4.78, 5) is 21.5. The van der Waals surface area contributed by atoms with Gasteiger partial charge in [-0.05, 0) is 23.7 Å². The molecule has 0 unspecified atom stereocenters. The fourth-order valence-corrected chi connectivity index (χ4v) is 1.63. The van der Waals surface area contributed by atoms with Crippen LogP contribution in [-0.4, -0.2) is 35.0 Å². The molecule has 5 nitrogen and oxygen atoms in total. The third-order valence-corrected chi connectivity index (χ3v) is 2.70. The number of carbonyl (C=O) groups is 2. The number of amides is 1. The summed E-state index contributed by atoms with van der Waals surface area (Å²) in [5.41, 5.74) is 0. The number of halogens is 1. The van der Waals surface area contributed by atoms with Crippen LogP contribution in [0, 0.1) is 0 Å². The molecule has 0 bridgehead atoms. The van der Waals surface area contributed by atoms with E-state index in [1.54, 1.807) is 0 Å². The van der Waals surface area contributed by atoms with Gasteiger partial charge in [0.15, 0.2) is 11.0 Å². The Bertz CT molecular complexity index is 379. The molecule has 1 rings (SSSR count). The van der Waals surface area contributed by atoms with Crippen LogP contribution in [0.3, 0.4) is 0 Å².